The molecule has 16 heavy (non-hydrogen) atoms. The predicted molar refractivity (Wildman–Crippen MR) is 69.7 cm³/mol. The summed E-state index contributed by atoms with van der Waals surface area (Å²) in [6.07, 6.45) is 5.18. The molecular formula is C15H23N. The molecule has 0 spiro atoms. The summed E-state index contributed by atoms with van der Waals surface area (Å²) in [5, 5.41) is 3.62. The van der Waals surface area contributed by atoms with Crippen molar-refractivity contribution < 1.29 is 0 Å². The number of rotatable bonds is 6. The van der Waals surface area contributed by atoms with Crippen molar-refractivity contribution in [2.45, 2.75) is 45.6 Å². The van der Waals surface area contributed by atoms with Gasteiger partial charge in [0.25, 0.3) is 0 Å². The third kappa shape index (κ3) is 3.08. The quantitative estimate of drug-likeness (QED) is 0.771. The maximum absolute atomic E-state index is 3.62. The van der Waals surface area contributed by atoms with Crippen molar-refractivity contribution in [2.75, 3.05) is 6.54 Å². The van der Waals surface area contributed by atoms with E-state index in [1.165, 1.54) is 30.4 Å². The van der Waals surface area contributed by atoms with Crippen molar-refractivity contribution in [3.05, 3.63) is 35.4 Å². The summed E-state index contributed by atoms with van der Waals surface area (Å²) in [7, 11) is 0. The first-order valence-corrected chi connectivity index (χ1v) is 6.64. The molecule has 0 aliphatic heterocycles. The van der Waals surface area contributed by atoms with Gasteiger partial charge in [-0.15, -0.1) is 0 Å². The van der Waals surface area contributed by atoms with Gasteiger partial charge in [-0.05, 0) is 49.3 Å². The average Bonchev–Trinajstić information content (AvgIpc) is 3.13. The molecule has 1 atom stereocenters. The molecule has 1 unspecified atom stereocenters. The van der Waals surface area contributed by atoms with Gasteiger partial charge in [-0.2, -0.15) is 0 Å². The van der Waals surface area contributed by atoms with Crippen LogP contribution in [0.3, 0.4) is 0 Å². The van der Waals surface area contributed by atoms with Crippen LogP contribution in [0.2, 0.25) is 0 Å². The second-order valence-corrected chi connectivity index (χ2v) is 4.88. The Bertz CT molecular complexity index is 311. The highest BCUT2D eigenvalue weighted by molar-refractivity contribution is 5.23. The van der Waals surface area contributed by atoms with Crippen LogP contribution in [0.1, 0.15) is 37.8 Å². The maximum atomic E-state index is 3.62. The lowest BCUT2D eigenvalue weighted by atomic mass is 10.0. The van der Waals surface area contributed by atoms with Gasteiger partial charge in [-0.1, -0.05) is 38.1 Å². The number of hydrogen-bond acceptors (Lipinski definition) is 1. The Kier molecular flexibility index (Phi) is 4.00. The lowest BCUT2D eigenvalue weighted by Crippen LogP contribution is -2.32. The lowest BCUT2D eigenvalue weighted by molar-refractivity contribution is 0.472. The van der Waals surface area contributed by atoms with E-state index in [2.05, 4.69) is 43.4 Å². The molecule has 0 radical (unpaired) electrons. The zero-order chi connectivity index (χ0) is 11.4. The minimum Gasteiger partial charge on any atom is -0.314 e. The minimum atomic E-state index is 0.706. The van der Waals surface area contributed by atoms with Gasteiger partial charge in [0.05, 0.1) is 0 Å². The Morgan fingerprint density at radius 1 is 1.12 bits per heavy atom. The van der Waals surface area contributed by atoms with E-state index in [1.54, 1.807) is 0 Å². The number of aryl methyl sites for hydroxylation is 1. The topological polar surface area (TPSA) is 12.0 Å². The van der Waals surface area contributed by atoms with Crippen LogP contribution in [-0.4, -0.2) is 12.6 Å². The molecule has 1 N–H and O–H groups in total. The van der Waals surface area contributed by atoms with E-state index in [4.69, 9.17) is 0 Å². The highest BCUT2D eigenvalue weighted by atomic mass is 14.9. The molecule has 1 aromatic carbocycles. The number of nitrogens with one attached hydrogen (secondary N) is 1. The normalized spacial score (nSPS) is 17.4. The molecule has 1 aromatic rings. The number of benzene rings is 1. The second-order valence-electron chi connectivity index (χ2n) is 4.88. The van der Waals surface area contributed by atoms with Gasteiger partial charge in [0.2, 0.25) is 0 Å². The molecule has 1 aliphatic carbocycles. The van der Waals surface area contributed by atoms with E-state index in [0.717, 1.165) is 18.9 Å². The predicted octanol–water partition coefficient (Wildman–Crippen LogP) is 3.18. The van der Waals surface area contributed by atoms with E-state index >= 15 is 0 Å². The van der Waals surface area contributed by atoms with Gasteiger partial charge in [-0.3, -0.25) is 0 Å². The molecule has 1 saturated carbocycles. The summed E-state index contributed by atoms with van der Waals surface area (Å²) < 4.78 is 0. The highest BCUT2D eigenvalue weighted by Gasteiger charge is 2.30. The van der Waals surface area contributed by atoms with Crippen LogP contribution in [-0.2, 0) is 12.8 Å². The van der Waals surface area contributed by atoms with E-state index in [0.29, 0.717) is 6.04 Å². The van der Waals surface area contributed by atoms with E-state index < -0.39 is 0 Å². The van der Waals surface area contributed by atoms with E-state index in [-0.39, 0.29) is 0 Å². The third-order valence-electron chi connectivity index (χ3n) is 3.54. The molecule has 0 amide bonds. The molecule has 0 saturated heterocycles. The molecule has 88 valence electrons. The summed E-state index contributed by atoms with van der Waals surface area (Å²) in [5.41, 5.74) is 2.92. The lowest BCUT2D eigenvalue weighted by Gasteiger charge is -2.17. The van der Waals surface area contributed by atoms with E-state index in [9.17, 15) is 0 Å². The summed E-state index contributed by atoms with van der Waals surface area (Å²) in [6.45, 7) is 5.50. The fourth-order valence-corrected chi connectivity index (χ4v) is 2.33. The zero-order valence-corrected chi connectivity index (χ0v) is 10.5. The Hall–Kier alpha value is -0.820. The van der Waals surface area contributed by atoms with Crippen LogP contribution in [0.5, 0.6) is 0 Å². The maximum Gasteiger partial charge on any atom is 0.0136 e. The first-order valence-electron chi connectivity index (χ1n) is 6.64. The van der Waals surface area contributed by atoms with Crippen LogP contribution < -0.4 is 5.32 Å². The van der Waals surface area contributed by atoms with Crippen molar-refractivity contribution in [2.24, 2.45) is 5.92 Å². The first-order chi connectivity index (χ1) is 7.83. The van der Waals surface area contributed by atoms with Gasteiger partial charge < -0.3 is 5.32 Å². The molecule has 0 heterocycles. The van der Waals surface area contributed by atoms with Crippen molar-refractivity contribution in [3.8, 4) is 0 Å². The smallest absolute Gasteiger partial charge is 0.0136 e. The number of likely N-dealkylation sites (N-methyl/N-ethyl adjacent to an activating group) is 1. The van der Waals surface area contributed by atoms with Crippen LogP contribution >= 0.6 is 0 Å². The van der Waals surface area contributed by atoms with Crippen molar-refractivity contribution in [3.63, 3.8) is 0 Å². The average molecular weight is 217 g/mol. The third-order valence-corrected chi connectivity index (χ3v) is 3.54. The van der Waals surface area contributed by atoms with Gasteiger partial charge >= 0.3 is 0 Å². The van der Waals surface area contributed by atoms with Gasteiger partial charge in [0.1, 0.15) is 0 Å². The first kappa shape index (κ1) is 11.7. The molecule has 1 aliphatic rings. The van der Waals surface area contributed by atoms with Gasteiger partial charge in [-0.25, -0.2) is 0 Å². The Labute approximate surface area is 99.3 Å². The molecule has 2 rings (SSSR count). The molecule has 1 heteroatoms. The summed E-state index contributed by atoms with van der Waals surface area (Å²) in [5.74, 6) is 0.936. The Balaban J connectivity index is 1.94. The summed E-state index contributed by atoms with van der Waals surface area (Å²) in [4.78, 5) is 0. The molecular weight excluding hydrogens is 194 g/mol. The SMILES string of the molecule is CCNC(Cc1ccc(CC)cc1)C1CC1. The largest absolute Gasteiger partial charge is 0.314 e. The molecule has 0 aromatic heterocycles. The fourth-order valence-electron chi connectivity index (χ4n) is 2.33. The fraction of sp³-hybridized carbons (Fsp3) is 0.600. The van der Waals surface area contributed by atoms with Gasteiger partial charge in [0, 0.05) is 6.04 Å². The number of hydrogen-bond donors (Lipinski definition) is 1. The van der Waals surface area contributed by atoms with Crippen molar-refractivity contribution in [1.29, 1.82) is 0 Å². The van der Waals surface area contributed by atoms with Crippen LogP contribution in [0.25, 0.3) is 0 Å². The summed E-state index contributed by atoms with van der Waals surface area (Å²) >= 11 is 0. The minimum absolute atomic E-state index is 0.706. The van der Waals surface area contributed by atoms with Crippen LogP contribution in [0.4, 0.5) is 0 Å². The standard InChI is InChI=1S/C15H23N/c1-3-12-5-7-13(8-6-12)11-15(16-4-2)14-9-10-14/h5-8,14-16H,3-4,9-11H2,1-2H3. The molecule has 1 nitrogen and oxygen atoms in total. The summed E-state index contributed by atoms with van der Waals surface area (Å²) in [6, 6.07) is 9.84. The van der Waals surface area contributed by atoms with Crippen molar-refractivity contribution >= 4 is 0 Å². The molecule has 0 bridgehead atoms. The van der Waals surface area contributed by atoms with Crippen LogP contribution in [0.15, 0.2) is 24.3 Å². The second kappa shape index (κ2) is 5.49. The Morgan fingerprint density at radius 2 is 1.75 bits per heavy atom. The Morgan fingerprint density at radius 3 is 2.25 bits per heavy atom. The van der Waals surface area contributed by atoms with E-state index in [1.807, 2.05) is 0 Å². The van der Waals surface area contributed by atoms with Crippen LogP contribution in [0, 0.1) is 5.92 Å². The highest BCUT2D eigenvalue weighted by Crippen LogP contribution is 2.34. The van der Waals surface area contributed by atoms with Gasteiger partial charge in [0.15, 0.2) is 0 Å². The monoisotopic (exact) mass is 217 g/mol. The van der Waals surface area contributed by atoms with Crippen molar-refractivity contribution in [1.82, 2.24) is 5.32 Å². The molecule has 1 fully saturated rings. The zero-order valence-electron chi connectivity index (χ0n) is 10.5.